The van der Waals surface area contributed by atoms with Crippen LogP contribution in [-0.2, 0) is 23.7 Å². The van der Waals surface area contributed by atoms with Crippen LogP contribution in [0.4, 0.5) is 18.0 Å². The Morgan fingerprint density at radius 3 is 2.56 bits per heavy atom. The van der Waals surface area contributed by atoms with Crippen LogP contribution in [0.3, 0.4) is 0 Å². The number of alkyl halides is 3. The minimum Gasteiger partial charge on any atom is -0.458 e. The fraction of sp³-hybridized carbons (Fsp3) is 0.882. The Balaban J connectivity index is 2.55. The van der Waals surface area contributed by atoms with Gasteiger partial charge in [0.25, 0.3) is 0 Å². The smallest absolute Gasteiger partial charge is 0.408 e. The van der Waals surface area contributed by atoms with E-state index in [0.29, 0.717) is 6.42 Å². The van der Waals surface area contributed by atoms with Gasteiger partial charge in [-0.3, -0.25) is 0 Å². The Morgan fingerprint density at radius 2 is 1.96 bits per heavy atom. The maximum Gasteiger partial charge on any atom is 0.408 e. The zero-order chi connectivity index (χ0) is 20.7. The van der Waals surface area contributed by atoms with Crippen LogP contribution in [0.1, 0.15) is 47.0 Å². The maximum atomic E-state index is 12.3. The number of amides is 1. The van der Waals surface area contributed by atoms with E-state index in [1.807, 2.05) is 0 Å². The lowest BCUT2D eigenvalue weighted by Gasteiger charge is -2.25. The molecule has 0 spiro atoms. The van der Waals surface area contributed by atoms with E-state index in [2.05, 4.69) is 5.32 Å². The van der Waals surface area contributed by atoms with Crippen molar-refractivity contribution in [2.24, 2.45) is 0 Å². The van der Waals surface area contributed by atoms with Gasteiger partial charge in [-0.2, -0.15) is 13.2 Å². The molecular formula is C17H28F3NO6. The molecule has 1 amide bonds. The molecule has 1 N–H and O–H groups in total. The van der Waals surface area contributed by atoms with Crippen LogP contribution in [-0.4, -0.2) is 61.9 Å². The van der Waals surface area contributed by atoms with Gasteiger partial charge in [0.2, 0.25) is 0 Å². The second kappa shape index (κ2) is 10.1. The molecule has 0 aromatic heterocycles. The van der Waals surface area contributed by atoms with Crippen molar-refractivity contribution in [3.8, 4) is 0 Å². The highest BCUT2D eigenvalue weighted by molar-refractivity contribution is 5.81. The number of esters is 1. The van der Waals surface area contributed by atoms with Crippen molar-refractivity contribution < 1.29 is 41.7 Å². The van der Waals surface area contributed by atoms with E-state index in [-0.39, 0.29) is 26.2 Å². The molecule has 1 aliphatic heterocycles. The van der Waals surface area contributed by atoms with Gasteiger partial charge in [-0.05, 0) is 34.1 Å². The number of carbonyl (C=O) groups is 2. The first-order chi connectivity index (χ1) is 12.4. The number of hydrogen-bond acceptors (Lipinski definition) is 6. The highest BCUT2D eigenvalue weighted by Crippen LogP contribution is 2.22. The first-order valence-electron chi connectivity index (χ1n) is 8.83. The summed E-state index contributed by atoms with van der Waals surface area (Å²) < 4.78 is 57.8. The van der Waals surface area contributed by atoms with Crippen molar-refractivity contribution in [3.05, 3.63) is 0 Å². The molecule has 0 aromatic carbocycles. The first kappa shape index (κ1) is 23.5. The highest BCUT2D eigenvalue weighted by atomic mass is 19.4. The van der Waals surface area contributed by atoms with Crippen molar-refractivity contribution in [3.63, 3.8) is 0 Å². The van der Waals surface area contributed by atoms with Gasteiger partial charge < -0.3 is 24.3 Å². The molecule has 1 heterocycles. The van der Waals surface area contributed by atoms with Crippen LogP contribution in [0.25, 0.3) is 0 Å². The normalized spacial score (nSPS) is 25.0. The lowest BCUT2D eigenvalue weighted by molar-refractivity contribution is -0.159. The summed E-state index contributed by atoms with van der Waals surface area (Å²) in [5.41, 5.74) is -0.726. The Morgan fingerprint density at radius 1 is 1.30 bits per heavy atom. The second-order valence-electron chi connectivity index (χ2n) is 7.33. The molecule has 0 aliphatic carbocycles. The summed E-state index contributed by atoms with van der Waals surface area (Å²) >= 11 is 0. The average molecular weight is 399 g/mol. The molecule has 0 aromatic rings. The fourth-order valence-electron chi connectivity index (χ4n) is 2.32. The molecule has 1 aliphatic rings. The Hall–Kier alpha value is -1.55. The van der Waals surface area contributed by atoms with Gasteiger partial charge in [0, 0.05) is 26.1 Å². The summed E-state index contributed by atoms with van der Waals surface area (Å²) in [6.07, 6.45) is -7.07. The molecule has 0 unspecified atom stereocenters. The van der Waals surface area contributed by atoms with E-state index in [0.717, 1.165) is 0 Å². The van der Waals surface area contributed by atoms with Gasteiger partial charge in [-0.1, -0.05) is 0 Å². The predicted molar refractivity (Wildman–Crippen MR) is 89.2 cm³/mol. The van der Waals surface area contributed by atoms with Crippen molar-refractivity contribution in [1.29, 1.82) is 0 Å². The summed E-state index contributed by atoms with van der Waals surface area (Å²) in [5.74, 6) is -0.723. The van der Waals surface area contributed by atoms with Gasteiger partial charge in [0.15, 0.2) is 6.04 Å². The third-order valence-corrected chi connectivity index (χ3v) is 3.57. The molecule has 3 atom stereocenters. The van der Waals surface area contributed by atoms with Gasteiger partial charge in [-0.15, -0.1) is 0 Å². The van der Waals surface area contributed by atoms with E-state index in [1.165, 1.54) is 0 Å². The molecule has 0 bridgehead atoms. The van der Waals surface area contributed by atoms with E-state index in [4.69, 9.17) is 18.9 Å². The van der Waals surface area contributed by atoms with Gasteiger partial charge >= 0.3 is 18.2 Å². The molecule has 27 heavy (non-hydrogen) atoms. The molecule has 0 saturated carbocycles. The summed E-state index contributed by atoms with van der Waals surface area (Å²) in [6.45, 7) is 6.64. The average Bonchev–Trinajstić information content (AvgIpc) is 2.53. The number of rotatable bonds is 5. The Bertz CT molecular complexity index is 492. The van der Waals surface area contributed by atoms with Crippen molar-refractivity contribution >= 4 is 12.1 Å². The topological polar surface area (TPSA) is 83.1 Å². The number of nitrogens with one attached hydrogen (secondary N) is 1. The molecule has 1 saturated heterocycles. The largest absolute Gasteiger partial charge is 0.458 e. The van der Waals surface area contributed by atoms with Crippen LogP contribution in [0.2, 0.25) is 0 Å². The number of halogens is 3. The van der Waals surface area contributed by atoms with E-state index in [9.17, 15) is 22.8 Å². The SMILES string of the molecule is C[C@@H]1OC(=O)[C@@H](NC(=O)OC(C)(C)C)COCC[C@H]1OCCCC(F)(F)F. The lowest BCUT2D eigenvalue weighted by atomic mass is 10.1. The summed E-state index contributed by atoms with van der Waals surface area (Å²) in [6, 6.07) is -1.05. The van der Waals surface area contributed by atoms with E-state index >= 15 is 0 Å². The molecule has 158 valence electrons. The summed E-state index contributed by atoms with van der Waals surface area (Å²) in [4.78, 5) is 24.1. The van der Waals surface area contributed by atoms with Crippen LogP contribution in [0.15, 0.2) is 0 Å². The second-order valence-corrected chi connectivity index (χ2v) is 7.33. The lowest BCUT2D eigenvalue weighted by Crippen LogP contribution is -2.47. The molecular weight excluding hydrogens is 371 g/mol. The van der Waals surface area contributed by atoms with Crippen LogP contribution in [0.5, 0.6) is 0 Å². The Labute approximate surface area is 156 Å². The maximum absolute atomic E-state index is 12.3. The summed E-state index contributed by atoms with van der Waals surface area (Å²) in [7, 11) is 0. The fourth-order valence-corrected chi connectivity index (χ4v) is 2.32. The van der Waals surface area contributed by atoms with Gasteiger partial charge in [0.05, 0.1) is 12.7 Å². The van der Waals surface area contributed by atoms with E-state index in [1.54, 1.807) is 27.7 Å². The van der Waals surface area contributed by atoms with Gasteiger partial charge in [-0.25, -0.2) is 9.59 Å². The van der Waals surface area contributed by atoms with Crippen LogP contribution < -0.4 is 5.32 Å². The molecule has 1 fully saturated rings. The molecule has 10 heteroatoms. The first-order valence-corrected chi connectivity index (χ1v) is 8.83. The monoisotopic (exact) mass is 399 g/mol. The molecule has 1 rings (SSSR count). The number of alkyl carbamates (subject to hydrolysis) is 1. The zero-order valence-electron chi connectivity index (χ0n) is 16.1. The minimum atomic E-state index is -4.23. The summed E-state index contributed by atoms with van der Waals surface area (Å²) in [5, 5.41) is 2.40. The Kier molecular flexibility index (Phi) is 8.80. The third-order valence-electron chi connectivity index (χ3n) is 3.57. The van der Waals surface area contributed by atoms with Crippen LogP contribution >= 0.6 is 0 Å². The highest BCUT2D eigenvalue weighted by Gasteiger charge is 2.32. The van der Waals surface area contributed by atoms with Crippen molar-refractivity contribution in [1.82, 2.24) is 5.32 Å². The van der Waals surface area contributed by atoms with Crippen molar-refractivity contribution in [2.45, 2.75) is 77.0 Å². The zero-order valence-corrected chi connectivity index (χ0v) is 16.1. The number of cyclic esters (lactones) is 1. The molecule has 0 radical (unpaired) electrons. The molecule has 7 nitrogen and oxygen atoms in total. The quantitative estimate of drug-likeness (QED) is 0.565. The standard InChI is InChI=1S/C17H28F3NO6/c1-11-13(25-8-5-7-17(18,19)20)6-9-24-10-12(14(22)26-11)21-15(23)27-16(2,3)4/h11-13H,5-10H2,1-4H3,(H,21,23)/t11-,12-,13+/m0/s1. The number of ether oxygens (including phenoxy) is 4. The number of carbonyl (C=O) groups excluding carboxylic acids is 2. The number of hydrogen-bond donors (Lipinski definition) is 1. The van der Waals surface area contributed by atoms with E-state index < -0.39 is 48.5 Å². The van der Waals surface area contributed by atoms with Crippen LogP contribution in [0, 0.1) is 0 Å². The minimum absolute atomic E-state index is 0.106. The predicted octanol–water partition coefficient (Wildman–Crippen LogP) is 2.96. The van der Waals surface area contributed by atoms with Gasteiger partial charge in [0.1, 0.15) is 11.7 Å². The third kappa shape index (κ3) is 10.4. The van der Waals surface area contributed by atoms with Crippen molar-refractivity contribution in [2.75, 3.05) is 19.8 Å².